The van der Waals surface area contributed by atoms with Crippen LogP contribution in [0, 0.1) is 0 Å². The van der Waals surface area contributed by atoms with Gasteiger partial charge in [-0.2, -0.15) is 0 Å². The van der Waals surface area contributed by atoms with E-state index in [-0.39, 0.29) is 36.8 Å². The first-order chi connectivity index (χ1) is 12.3. The van der Waals surface area contributed by atoms with Gasteiger partial charge in [-0.25, -0.2) is 0 Å². The average molecular weight is 411 g/mol. The van der Waals surface area contributed by atoms with Crippen molar-refractivity contribution in [3.63, 3.8) is 0 Å². The lowest BCUT2D eigenvalue weighted by Gasteiger charge is -2.37. The number of nitrogens with zero attached hydrogens (tertiary/aromatic N) is 3. The highest BCUT2D eigenvalue weighted by molar-refractivity contribution is 5.85. The van der Waals surface area contributed by atoms with Gasteiger partial charge >= 0.3 is 0 Å². The molecule has 1 atom stereocenters. The van der Waals surface area contributed by atoms with E-state index in [1.165, 1.54) is 0 Å². The number of anilines is 1. The van der Waals surface area contributed by atoms with Gasteiger partial charge in [0, 0.05) is 43.8 Å². The number of benzene rings is 1. The second-order valence-corrected chi connectivity index (χ2v) is 6.53. The van der Waals surface area contributed by atoms with Gasteiger partial charge in [-0.15, -0.1) is 24.8 Å². The third-order valence-electron chi connectivity index (χ3n) is 4.76. The second kappa shape index (κ2) is 11.8. The van der Waals surface area contributed by atoms with E-state index in [0.29, 0.717) is 19.6 Å². The lowest BCUT2D eigenvalue weighted by molar-refractivity contribution is -0.133. The molecular weight excluding hydrogens is 383 g/mol. The highest BCUT2D eigenvalue weighted by atomic mass is 35.5. The van der Waals surface area contributed by atoms with Crippen LogP contribution in [-0.4, -0.2) is 41.5 Å². The van der Waals surface area contributed by atoms with E-state index in [9.17, 15) is 4.79 Å². The molecular formula is C20H28Cl2N4O. The van der Waals surface area contributed by atoms with Crippen molar-refractivity contribution in [1.29, 1.82) is 0 Å². The summed E-state index contributed by atoms with van der Waals surface area (Å²) in [5.41, 5.74) is 8.01. The van der Waals surface area contributed by atoms with Crippen LogP contribution < -0.4 is 10.6 Å². The topological polar surface area (TPSA) is 62.5 Å². The van der Waals surface area contributed by atoms with Gasteiger partial charge in [0.25, 0.3) is 0 Å². The number of nitrogens with two attached hydrogens (primary N) is 1. The zero-order valence-corrected chi connectivity index (χ0v) is 17.0. The monoisotopic (exact) mass is 410 g/mol. The van der Waals surface area contributed by atoms with Gasteiger partial charge < -0.3 is 15.5 Å². The summed E-state index contributed by atoms with van der Waals surface area (Å²) < 4.78 is 0. The van der Waals surface area contributed by atoms with Crippen LogP contribution in [0.15, 0.2) is 54.9 Å². The molecule has 0 aliphatic carbocycles. The van der Waals surface area contributed by atoms with Crippen molar-refractivity contribution in [2.24, 2.45) is 5.73 Å². The molecule has 1 saturated heterocycles. The van der Waals surface area contributed by atoms with Crippen LogP contribution >= 0.6 is 24.8 Å². The van der Waals surface area contributed by atoms with Gasteiger partial charge in [0.05, 0.1) is 6.54 Å². The zero-order chi connectivity index (χ0) is 17.5. The summed E-state index contributed by atoms with van der Waals surface area (Å²) in [5, 5.41) is 0. The minimum absolute atomic E-state index is 0. The zero-order valence-electron chi connectivity index (χ0n) is 15.4. The molecule has 1 aliphatic heterocycles. The number of hydrogen-bond donors (Lipinski definition) is 1. The first kappa shape index (κ1) is 23.2. The summed E-state index contributed by atoms with van der Waals surface area (Å²) in [6.07, 6.45) is 6.85. The minimum atomic E-state index is 0. The second-order valence-electron chi connectivity index (χ2n) is 6.53. The summed E-state index contributed by atoms with van der Waals surface area (Å²) in [5.74, 6) is 0.155. The minimum Gasteiger partial charge on any atom is -0.358 e. The van der Waals surface area contributed by atoms with Gasteiger partial charge in [0.15, 0.2) is 0 Å². The number of amides is 1. The first-order valence-electron chi connectivity index (χ1n) is 8.96. The Morgan fingerprint density at radius 3 is 2.59 bits per heavy atom. The molecule has 1 amide bonds. The molecule has 1 aromatic carbocycles. The van der Waals surface area contributed by atoms with Gasteiger partial charge in [-0.05, 0) is 43.0 Å². The molecule has 1 fully saturated rings. The highest BCUT2D eigenvalue weighted by Gasteiger charge is 2.26. The van der Waals surface area contributed by atoms with E-state index in [2.05, 4.69) is 9.88 Å². The molecule has 0 spiro atoms. The maximum Gasteiger partial charge on any atom is 0.242 e. The van der Waals surface area contributed by atoms with Crippen molar-refractivity contribution < 1.29 is 4.79 Å². The van der Waals surface area contributed by atoms with E-state index in [1.807, 2.05) is 53.6 Å². The van der Waals surface area contributed by atoms with E-state index in [0.717, 1.165) is 37.1 Å². The Bertz CT molecular complexity index is 672. The third-order valence-corrected chi connectivity index (χ3v) is 4.76. The predicted molar refractivity (Wildman–Crippen MR) is 115 cm³/mol. The van der Waals surface area contributed by atoms with E-state index in [4.69, 9.17) is 5.73 Å². The van der Waals surface area contributed by atoms with Crippen LogP contribution in [0.1, 0.15) is 24.8 Å². The number of carbonyl (C=O) groups excluding carboxylic acids is 1. The largest absolute Gasteiger partial charge is 0.358 e. The number of pyridine rings is 1. The molecule has 0 saturated carbocycles. The smallest absolute Gasteiger partial charge is 0.242 e. The molecule has 148 valence electrons. The van der Waals surface area contributed by atoms with Crippen LogP contribution in [0.25, 0.3) is 0 Å². The Morgan fingerprint density at radius 2 is 1.93 bits per heavy atom. The van der Waals surface area contributed by atoms with Crippen LogP contribution in [0.5, 0.6) is 0 Å². The predicted octanol–water partition coefficient (Wildman–Crippen LogP) is 3.27. The summed E-state index contributed by atoms with van der Waals surface area (Å²) in [7, 11) is 0. The van der Waals surface area contributed by atoms with Crippen LogP contribution in [0.2, 0.25) is 0 Å². The number of aromatic nitrogens is 1. The van der Waals surface area contributed by atoms with Crippen molar-refractivity contribution in [3.8, 4) is 0 Å². The molecule has 0 bridgehead atoms. The fourth-order valence-corrected chi connectivity index (χ4v) is 3.42. The Hall–Kier alpha value is -1.82. The Kier molecular flexibility index (Phi) is 10.1. The number of halogens is 2. The van der Waals surface area contributed by atoms with Crippen molar-refractivity contribution in [2.45, 2.75) is 31.8 Å². The van der Waals surface area contributed by atoms with Gasteiger partial charge in [-0.1, -0.05) is 24.3 Å². The van der Waals surface area contributed by atoms with Gasteiger partial charge in [-0.3, -0.25) is 9.78 Å². The van der Waals surface area contributed by atoms with Crippen molar-refractivity contribution >= 4 is 36.4 Å². The average Bonchev–Trinajstić information content (AvgIpc) is 2.69. The molecule has 2 heterocycles. The highest BCUT2D eigenvalue weighted by Crippen LogP contribution is 2.20. The quantitative estimate of drug-likeness (QED) is 0.793. The standard InChI is InChI=1S/C20H26N4O.2ClH/c21-13-19-10-4-5-12-24(19)20(25)16-23(18-8-2-1-3-9-18)15-17-7-6-11-22-14-17;;/h1-3,6-9,11,14,19H,4-5,10,12-13,15-16,21H2;2*1H. The summed E-state index contributed by atoms with van der Waals surface area (Å²) in [4.78, 5) is 21.2. The fraction of sp³-hybridized carbons (Fsp3) is 0.400. The SMILES string of the molecule is Cl.Cl.NCC1CCCCN1C(=O)CN(Cc1cccnc1)c1ccccc1. The van der Waals surface area contributed by atoms with Crippen LogP contribution in [0.3, 0.4) is 0 Å². The third kappa shape index (κ3) is 6.38. The van der Waals surface area contributed by atoms with E-state index >= 15 is 0 Å². The van der Waals surface area contributed by atoms with Crippen LogP contribution in [0.4, 0.5) is 5.69 Å². The molecule has 2 aromatic rings. The number of rotatable bonds is 6. The lowest BCUT2D eigenvalue weighted by Crippen LogP contribution is -2.50. The van der Waals surface area contributed by atoms with E-state index < -0.39 is 0 Å². The van der Waals surface area contributed by atoms with E-state index in [1.54, 1.807) is 6.20 Å². The normalized spacial score (nSPS) is 16.0. The summed E-state index contributed by atoms with van der Waals surface area (Å²) in [6.45, 7) is 2.37. The van der Waals surface area contributed by atoms with Gasteiger partial charge in [0.2, 0.25) is 5.91 Å². The molecule has 1 aliphatic rings. The Labute approximate surface area is 173 Å². The maximum atomic E-state index is 13.0. The molecule has 7 heteroatoms. The number of likely N-dealkylation sites (tertiary alicyclic amines) is 1. The molecule has 2 N–H and O–H groups in total. The lowest BCUT2D eigenvalue weighted by atomic mass is 10.0. The number of carbonyl (C=O) groups is 1. The number of hydrogen-bond acceptors (Lipinski definition) is 4. The summed E-state index contributed by atoms with van der Waals surface area (Å²) >= 11 is 0. The fourth-order valence-electron chi connectivity index (χ4n) is 3.42. The molecule has 1 unspecified atom stereocenters. The Morgan fingerprint density at radius 1 is 1.15 bits per heavy atom. The number of para-hydroxylation sites is 1. The van der Waals surface area contributed by atoms with Gasteiger partial charge in [0.1, 0.15) is 0 Å². The molecule has 1 aromatic heterocycles. The van der Waals surface area contributed by atoms with Crippen molar-refractivity contribution in [2.75, 3.05) is 24.5 Å². The van der Waals surface area contributed by atoms with Crippen LogP contribution in [-0.2, 0) is 11.3 Å². The van der Waals surface area contributed by atoms with Crippen molar-refractivity contribution in [3.05, 3.63) is 60.4 Å². The molecule has 5 nitrogen and oxygen atoms in total. The number of piperidine rings is 1. The molecule has 3 rings (SSSR count). The first-order valence-corrected chi connectivity index (χ1v) is 8.96. The van der Waals surface area contributed by atoms with Crippen molar-refractivity contribution in [1.82, 2.24) is 9.88 Å². The molecule has 27 heavy (non-hydrogen) atoms. The Balaban J connectivity index is 0.00000182. The summed E-state index contributed by atoms with van der Waals surface area (Å²) in [6, 6.07) is 14.2. The molecule has 0 radical (unpaired) electrons. The maximum absolute atomic E-state index is 13.0.